The highest BCUT2D eigenvalue weighted by Gasteiger charge is 2.28. The van der Waals surface area contributed by atoms with Gasteiger partial charge in [-0.15, -0.1) is 0 Å². The van der Waals surface area contributed by atoms with Gasteiger partial charge in [-0.1, -0.05) is 13.3 Å². The lowest BCUT2D eigenvalue weighted by Gasteiger charge is -2.40. The highest BCUT2D eigenvalue weighted by Crippen LogP contribution is 2.23. The summed E-state index contributed by atoms with van der Waals surface area (Å²) < 4.78 is 0. The zero-order chi connectivity index (χ0) is 13.6. The Kier molecular flexibility index (Phi) is 6.11. The van der Waals surface area contributed by atoms with Gasteiger partial charge in [-0.05, 0) is 53.0 Å². The van der Waals surface area contributed by atoms with Gasteiger partial charge in [0, 0.05) is 18.6 Å². The van der Waals surface area contributed by atoms with E-state index in [0.717, 1.165) is 25.9 Å². The lowest BCUT2D eigenvalue weighted by Crippen LogP contribution is -2.49. The second kappa shape index (κ2) is 7.11. The molecular weight excluding hydrogens is 222 g/mol. The van der Waals surface area contributed by atoms with E-state index in [0.29, 0.717) is 12.1 Å². The third-order valence-corrected chi connectivity index (χ3v) is 4.26. The average molecular weight is 251 g/mol. The van der Waals surface area contributed by atoms with Gasteiger partial charge in [0.2, 0.25) is 0 Å². The Morgan fingerprint density at radius 3 is 2.44 bits per heavy atom. The van der Waals surface area contributed by atoms with Crippen molar-refractivity contribution in [1.82, 2.24) is 10.2 Å². The molecule has 1 heterocycles. The van der Waals surface area contributed by atoms with E-state index in [4.69, 9.17) is 0 Å². The molecule has 3 atom stereocenters. The summed E-state index contributed by atoms with van der Waals surface area (Å²) in [6.45, 7) is 10.8. The Labute approximate surface area is 113 Å². The second-order valence-electron chi connectivity index (χ2n) is 5.99. The molecule has 0 aromatic heterocycles. The van der Waals surface area contributed by atoms with E-state index in [9.17, 15) is 5.26 Å². The smallest absolute Gasteiger partial charge is 0.105 e. The van der Waals surface area contributed by atoms with Crippen LogP contribution in [0.5, 0.6) is 0 Å². The van der Waals surface area contributed by atoms with Crippen LogP contribution < -0.4 is 5.32 Å². The number of nitriles is 1. The van der Waals surface area contributed by atoms with Crippen molar-refractivity contribution in [3.8, 4) is 6.07 Å². The predicted molar refractivity (Wildman–Crippen MR) is 76.4 cm³/mol. The Balaban J connectivity index is 2.48. The molecule has 3 nitrogen and oxygen atoms in total. The Bertz CT molecular complexity index is 274. The van der Waals surface area contributed by atoms with E-state index in [-0.39, 0.29) is 5.54 Å². The van der Waals surface area contributed by atoms with Crippen molar-refractivity contribution in [2.24, 2.45) is 0 Å². The van der Waals surface area contributed by atoms with Gasteiger partial charge in [-0.3, -0.25) is 10.2 Å². The molecule has 0 radical (unpaired) electrons. The number of likely N-dealkylation sites (tertiary alicyclic amines) is 1. The fourth-order valence-corrected chi connectivity index (χ4v) is 2.85. The molecule has 1 N–H and O–H groups in total. The standard InChI is InChI=1S/C15H29N3/c1-5-10-17-15(4,12-16)9-11-18-13(2)7-6-8-14(18)3/h13-14,17H,5-11H2,1-4H3/t13-,14+,15?. The third-order valence-electron chi connectivity index (χ3n) is 4.26. The van der Waals surface area contributed by atoms with E-state index in [1.54, 1.807) is 0 Å². The Hall–Kier alpha value is -0.590. The molecule has 0 aliphatic carbocycles. The maximum atomic E-state index is 9.34. The quantitative estimate of drug-likeness (QED) is 0.789. The van der Waals surface area contributed by atoms with E-state index >= 15 is 0 Å². The summed E-state index contributed by atoms with van der Waals surface area (Å²) in [6.07, 6.45) is 5.94. The van der Waals surface area contributed by atoms with Crippen LogP contribution in [0.3, 0.4) is 0 Å². The number of nitrogens with one attached hydrogen (secondary N) is 1. The first-order valence-corrected chi connectivity index (χ1v) is 7.44. The average Bonchev–Trinajstić information content (AvgIpc) is 2.36. The summed E-state index contributed by atoms with van der Waals surface area (Å²) in [5.41, 5.74) is -0.368. The van der Waals surface area contributed by atoms with Crippen LogP contribution in [0.2, 0.25) is 0 Å². The Morgan fingerprint density at radius 2 is 1.94 bits per heavy atom. The van der Waals surface area contributed by atoms with Crippen molar-refractivity contribution >= 4 is 0 Å². The molecule has 1 rings (SSSR count). The number of hydrogen-bond donors (Lipinski definition) is 1. The van der Waals surface area contributed by atoms with E-state index in [1.807, 2.05) is 6.92 Å². The van der Waals surface area contributed by atoms with Gasteiger partial charge in [-0.25, -0.2) is 0 Å². The van der Waals surface area contributed by atoms with Crippen LogP contribution in [0.4, 0.5) is 0 Å². The molecule has 0 aromatic carbocycles. The van der Waals surface area contributed by atoms with Crippen LogP contribution >= 0.6 is 0 Å². The molecular formula is C15H29N3. The monoisotopic (exact) mass is 251 g/mol. The van der Waals surface area contributed by atoms with Gasteiger partial charge in [0.05, 0.1) is 6.07 Å². The first kappa shape index (κ1) is 15.5. The minimum Gasteiger partial charge on any atom is -0.300 e. The minimum atomic E-state index is -0.368. The summed E-state index contributed by atoms with van der Waals surface area (Å²) in [6, 6.07) is 3.78. The van der Waals surface area contributed by atoms with Gasteiger partial charge < -0.3 is 0 Å². The molecule has 18 heavy (non-hydrogen) atoms. The second-order valence-corrected chi connectivity index (χ2v) is 5.99. The number of rotatable bonds is 6. The number of nitrogens with zero attached hydrogens (tertiary/aromatic N) is 2. The summed E-state index contributed by atoms with van der Waals surface area (Å²) in [5, 5.41) is 12.7. The normalized spacial score (nSPS) is 28.6. The first-order chi connectivity index (χ1) is 8.52. The van der Waals surface area contributed by atoms with Crippen LogP contribution in [0.15, 0.2) is 0 Å². The van der Waals surface area contributed by atoms with Gasteiger partial charge >= 0.3 is 0 Å². The molecule has 1 fully saturated rings. The summed E-state index contributed by atoms with van der Waals surface area (Å²) in [4.78, 5) is 2.58. The third kappa shape index (κ3) is 4.26. The van der Waals surface area contributed by atoms with Crippen molar-refractivity contribution in [3.05, 3.63) is 0 Å². The van der Waals surface area contributed by atoms with Gasteiger partial charge in [0.25, 0.3) is 0 Å². The first-order valence-electron chi connectivity index (χ1n) is 7.44. The molecule has 0 aromatic rings. The fraction of sp³-hybridized carbons (Fsp3) is 0.933. The predicted octanol–water partition coefficient (Wildman–Crippen LogP) is 2.92. The van der Waals surface area contributed by atoms with Crippen molar-refractivity contribution in [2.75, 3.05) is 13.1 Å². The summed E-state index contributed by atoms with van der Waals surface area (Å²) in [7, 11) is 0. The van der Waals surface area contributed by atoms with E-state index in [1.165, 1.54) is 19.3 Å². The maximum absolute atomic E-state index is 9.34. The van der Waals surface area contributed by atoms with Crippen molar-refractivity contribution in [1.29, 1.82) is 5.26 Å². The van der Waals surface area contributed by atoms with Crippen molar-refractivity contribution < 1.29 is 0 Å². The van der Waals surface area contributed by atoms with Gasteiger partial charge in [-0.2, -0.15) is 5.26 Å². The molecule has 3 heteroatoms. The van der Waals surface area contributed by atoms with Crippen LogP contribution in [-0.2, 0) is 0 Å². The van der Waals surface area contributed by atoms with E-state index < -0.39 is 0 Å². The van der Waals surface area contributed by atoms with Crippen LogP contribution in [-0.4, -0.2) is 35.6 Å². The lowest BCUT2D eigenvalue weighted by atomic mass is 9.94. The molecule has 104 valence electrons. The molecule has 0 saturated carbocycles. The van der Waals surface area contributed by atoms with Crippen LogP contribution in [0, 0.1) is 11.3 Å². The number of piperidine rings is 1. The molecule has 1 saturated heterocycles. The van der Waals surface area contributed by atoms with Gasteiger partial charge in [0.15, 0.2) is 0 Å². The van der Waals surface area contributed by atoms with Gasteiger partial charge in [0.1, 0.15) is 5.54 Å². The van der Waals surface area contributed by atoms with Crippen molar-refractivity contribution in [3.63, 3.8) is 0 Å². The molecule has 1 unspecified atom stereocenters. The molecule has 0 spiro atoms. The lowest BCUT2D eigenvalue weighted by molar-refractivity contribution is 0.0951. The topological polar surface area (TPSA) is 39.1 Å². The fourth-order valence-electron chi connectivity index (χ4n) is 2.85. The Morgan fingerprint density at radius 1 is 1.33 bits per heavy atom. The molecule has 0 amide bonds. The van der Waals surface area contributed by atoms with E-state index in [2.05, 4.69) is 37.1 Å². The summed E-state index contributed by atoms with van der Waals surface area (Å²) in [5.74, 6) is 0. The maximum Gasteiger partial charge on any atom is 0.105 e. The highest BCUT2D eigenvalue weighted by atomic mass is 15.2. The molecule has 0 bridgehead atoms. The van der Waals surface area contributed by atoms with Crippen molar-refractivity contribution in [2.45, 2.75) is 77.4 Å². The zero-order valence-electron chi connectivity index (χ0n) is 12.5. The molecule has 1 aliphatic rings. The van der Waals surface area contributed by atoms with Crippen LogP contribution in [0.25, 0.3) is 0 Å². The minimum absolute atomic E-state index is 0.368. The number of hydrogen-bond acceptors (Lipinski definition) is 3. The van der Waals surface area contributed by atoms with Crippen LogP contribution in [0.1, 0.15) is 59.8 Å². The molecule has 1 aliphatic heterocycles. The SMILES string of the molecule is CCCNC(C)(C#N)CCN1[C@H](C)CCC[C@@H]1C. The highest BCUT2D eigenvalue weighted by molar-refractivity contribution is 5.04. The summed E-state index contributed by atoms with van der Waals surface area (Å²) >= 11 is 0. The zero-order valence-corrected chi connectivity index (χ0v) is 12.5. The largest absolute Gasteiger partial charge is 0.300 e.